The zero-order chi connectivity index (χ0) is 16.3. The van der Waals surface area contributed by atoms with E-state index in [-0.39, 0.29) is 12.5 Å². The first-order valence-electron chi connectivity index (χ1n) is 7.00. The van der Waals surface area contributed by atoms with Gasteiger partial charge in [-0.3, -0.25) is 9.48 Å². The summed E-state index contributed by atoms with van der Waals surface area (Å²) < 4.78 is 1.73. The molecule has 0 bridgehead atoms. The Hall–Kier alpha value is -1.37. The van der Waals surface area contributed by atoms with Crippen molar-refractivity contribution in [1.29, 1.82) is 0 Å². The molecule has 0 saturated carbocycles. The van der Waals surface area contributed by atoms with Gasteiger partial charge in [0.1, 0.15) is 5.60 Å². The fraction of sp³-hybridized carbons (Fsp3) is 0.467. The average molecular weight is 342 g/mol. The molecule has 0 aromatic carbocycles. The third-order valence-electron chi connectivity index (χ3n) is 3.64. The lowest BCUT2D eigenvalue weighted by Gasteiger charge is -2.22. The van der Waals surface area contributed by atoms with Gasteiger partial charge < -0.3 is 10.4 Å². The molecule has 0 aliphatic heterocycles. The van der Waals surface area contributed by atoms with Crippen molar-refractivity contribution in [1.82, 2.24) is 15.1 Å². The van der Waals surface area contributed by atoms with Gasteiger partial charge in [0.05, 0.1) is 24.3 Å². The number of aryl methyl sites for hydroxylation is 2. The van der Waals surface area contributed by atoms with Crippen LogP contribution in [0.5, 0.6) is 0 Å². The van der Waals surface area contributed by atoms with E-state index in [9.17, 15) is 9.90 Å². The van der Waals surface area contributed by atoms with Crippen molar-refractivity contribution in [2.45, 2.75) is 32.9 Å². The van der Waals surface area contributed by atoms with E-state index in [1.54, 1.807) is 18.5 Å². The molecular weight excluding hydrogens is 322 g/mol. The second-order valence-corrected chi connectivity index (χ2v) is 6.58. The standard InChI is InChI=1S/C15H20ClN3O2S/c1-10-13(11(2)19(18-10)6-5-16)14(20)17-9-15(3,21)12-4-7-22-8-12/h4,7-8,21H,5-6,9H2,1-3H3,(H,17,20). The SMILES string of the molecule is Cc1nn(CCCl)c(C)c1C(=O)NCC(C)(O)c1ccsc1. The van der Waals surface area contributed by atoms with Crippen LogP contribution in [0.15, 0.2) is 16.8 Å². The van der Waals surface area contributed by atoms with Gasteiger partial charge in [0.2, 0.25) is 0 Å². The van der Waals surface area contributed by atoms with Crippen LogP contribution in [0.25, 0.3) is 0 Å². The van der Waals surface area contributed by atoms with Crippen LogP contribution >= 0.6 is 22.9 Å². The first-order valence-corrected chi connectivity index (χ1v) is 8.47. The van der Waals surface area contributed by atoms with Crippen LogP contribution in [-0.2, 0) is 12.1 Å². The monoisotopic (exact) mass is 341 g/mol. The molecule has 22 heavy (non-hydrogen) atoms. The summed E-state index contributed by atoms with van der Waals surface area (Å²) in [5, 5.41) is 21.3. The topological polar surface area (TPSA) is 67.2 Å². The van der Waals surface area contributed by atoms with E-state index in [1.807, 2.05) is 23.8 Å². The van der Waals surface area contributed by atoms with Crippen molar-refractivity contribution >= 4 is 28.8 Å². The minimum Gasteiger partial charge on any atom is -0.384 e. The molecule has 1 atom stereocenters. The van der Waals surface area contributed by atoms with Crippen LogP contribution in [-0.4, -0.2) is 33.2 Å². The third kappa shape index (κ3) is 3.51. The van der Waals surface area contributed by atoms with Crippen molar-refractivity contribution in [3.63, 3.8) is 0 Å². The number of nitrogens with zero attached hydrogens (tertiary/aromatic N) is 2. The largest absolute Gasteiger partial charge is 0.384 e. The maximum atomic E-state index is 12.4. The molecule has 2 rings (SSSR count). The highest BCUT2D eigenvalue weighted by Crippen LogP contribution is 2.22. The second kappa shape index (κ2) is 6.81. The number of alkyl halides is 1. The van der Waals surface area contributed by atoms with Crippen LogP contribution in [0.2, 0.25) is 0 Å². The third-order valence-corrected chi connectivity index (χ3v) is 4.49. The quantitative estimate of drug-likeness (QED) is 0.793. The Kier molecular flexibility index (Phi) is 5.26. The van der Waals surface area contributed by atoms with Gasteiger partial charge in [0, 0.05) is 11.6 Å². The van der Waals surface area contributed by atoms with Crippen molar-refractivity contribution in [2.75, 3.05) is 12.4 Å². The van der Waals surface area contributed by atoms with Gasteiger partial charge in [-0.05, 0) is 43.2 Å². The molecule has 120 valence electrons. The highest BCUT2D eigenvalue weighted by atomic mass is 35.5. The lowest BCUT2D eigenvalue weighted by molar-refractivity contribution is 0.0529. The first kappa shape index (κ1) is 17.0. The molecule has 0 aliphatic rings. The van der Waals surface area contributed by atoms with Crippen molar-refractivity contribution in [2.24, 2.45) is 0 Å². The molecule has 0 radical (unpaired) electrons. The van der Waals surface area contributed by atoms with Crippen LogP contribution in [0.4, 0.5) is 0 Å². The van der Waals surface area contributed by atoms with Gasteiger partial charge in [-0.1, -0.05) is 0 Å². The molecular formula is C15H20ClN3O2S. The molecule has 2 aromatic heterocycles. The Morgan fingerprint density at radius 3 is 2.86 bits per heavy atom. The molecule has 0 spiro atoms. The fourth-order valence-corrected chi connectivity index (χ4v) is 3.28. The molecule has 0 fully saturated rings. The Morgan fingerprint density at radius 2 is 2.27 bits per heavy atom. The van der Waals surface area contributed by atoms with Gasteiger partial charge in [-0.2, -0.15) is 16.4 Å². The van der Waals surface area contributed by atoms with Crippen LogP contribution in [0.1, 0.15) is 34.2 Å². The second-order valence-electron chi connectivity index (χ2n) is 5.43. The zero-order valence-corrected chi connectivity index (χ0v) is 14.5. The first-order chi connectivity index (χ1) is 10.4. The van der Waals surface area contributed by atoms with Crippen molar-refractivity contribution in [3.05, 3.63) is 39.3 Å². The summed E-state index contributed by atoms with van der Waals surface area (Å²) >= 11 is 7.25. The number of rotatable bonds is 6. The van der Waals surface area contributed by atoms with Crippen LogP contribution in [0, 0.1) is 13.8 Å². The lowest BCUT2D eigenvalue weighted by atomic mass is 9.99. The lowest BCUT2D eigenvalue weighted by Crippen LogP contribution is -2.38. The smallest absolute Gasteiger partial charge is 0.255 e. The molecule has 2 heterocycles. The van der Waals surface area contributed by atoms with Gasteiger partial charge >= 0.3 is 0 Å². The molecule has 7 heteroatoms. The number of amides is 1. The number of hydrogen-bond acceptors (Lipinski definition) is 4. The van der Waals surface area contributed by atoms with E-state index in [2.05, 4.69) is 10.4 Å². The summed E-state index contributed by atoms with van der Waals surface area (Å²) in [6.07, 6.45) is 0. The predicted octanol–water partition coefficient (Wildman–Crippen LogP) is 2.44. The summed E-state index contributed by atoms with van der Waals surface area (Å²) in [5.41, 5.74) is 1.69. The Labute approximate surface area is 138 Å². The number of halogens is 1. The highest BCUT2D eigenvalue weighted by Gasteiger charge is 2.26. The highest BCUT2D eigenvalue weighted by molar-refractivity contribution is 7.08. The Balaban J connectivity index is 2.10. The maximum absolute atomic E-state index is 12.4. The van der Waals surface area contributed by atoms with Gasteiger partial charge in [-0.15, -0.1) is 11.6 Å². The number of carbonyl (C=O) groups excluding carboxylic acids is 1. The summed E-state index contributed by atoms with van der Waals surface area (Å²) in [6, 6.07) is 1.85. The van der Waals surface area contributed by atoms with E-state index < -0.39 is 5.60 Å². The van der Waals surface area contributed by atoms with E-state index in [1.165, 1.54) is 11.3 Å². The van der Waals surface area contributed by atoms with Gasteiger partial charge in [-0.25, -0.2) is 0 Å². The fourth-order valence-electron chi connectivity index (χ4n) is 2.34. The summed E-state index contributed by atoms with van der Waals surface area (Å²) in [5.74, 6) is 0.210. The number of aliphatic hydroxyl groups is 1. The Bertz CT molecular complexity index is 650. The number of carbonyl (C=O) groups is 1. The van der Waals surface area contributed by atoms with E-state index in [0.717, 1.165) is 11.3 Å². The van der Waals surface area contributed by atoms with E-state index in [0.29, 0.717) is 23.7 Å². The number of aromatic nitrogens is 2. The minimum absolute atomic E-state index is 0.141. The van der Waals surface area contributed by atoms with Crippen molar-refractivity contribution < 1.29 is 9.90 Å². The van der Waals surface area contributed by atoms with Gasteiger partial charge in [0.15, 0.2) is 0 Å². The predicted molar refractivity (Wildman–Crippen MR) is 88.6 cm³/mol. The molecule has 1 amide bonds. The normalized spacial score (nSPS) is 13.9. The van der Waals surface area contributed by atoms with E-state index >= 15 is 0 Å². The summed E-state index contributed by atoms with van der Waals surface area (Å²) in [6.45, 7) is 6.03. The molecule has 0 saturated heterocycles. The summed E-state index contributed by atoms with van der Waals surface area (Å²) in [7, 11) is 0. The molecule has 0 aliphatic carbocycles. The molecule has 2 aromatic rings. The minimum atomic E-state index is -1.09. The number of nitrogens with one attached hydrogen (secondary N) is 1. The van der Waals surface area contributed by atoms with Crippen molar-refractivity contribution in [3.8, 4) is 0 Å². The number of thiophene rings is 1. The number of hydrogen-bond donors (Lipinski definition) is 2. The Morgan fingerprint density at radius 1 is 1.55 bits per heavy atom. The maximum Gasteiger partial charge on any atom is 0.255 e. The van der Waals surface area contributed by atoms with E-state index in [4.69, 9.17) is 11.6 Å². The van der Waals surface area contributed by atoms with Crippen LogP contribution < -0.4 is 5.32 Å². The average Bonchev–Trinajstić information content (AvgIpc) is 3.07. The van der Waals surface area contributed by atoms with Crippen LogP contribution in [0.3, 0.4) is 0 Å². The molecule has 5 nitrogen and oxygen atoms in total. The summed E-state index contributed by atoms with van der Waals surface area (Å²) in [4.78, 5) is 12.4. The zero-order valence-electron chi connectivity index (χ0n) is 12.9. The molecule has 2 N–H and O–H groups in total. The molecule has 1 unspecified atom stereocenters. The van der Waals surface area contributed by atoms with Gasteiger partial charge in [0.25, 0.3) is 5.91 Å².